The molecule has 3 nitrogen and oxygen atoms in total. The van der Waals surface area contributed by atoms with Gasteiger partial charge in [0.15, 0.2) is 5.16 Å². The van der Waals surface area contributed by atoms with Crippen LogP contribution in [0.3, 0.4) is 0 Å². The Morgan fingerprint density at radius 3 is 2.68 bits per heavy atom. The van der Waals surface area contributed by atoms with E-state index in [1.807, 2.05) is 53.1 Å². The molecule has 2 aromatic carbocycles. The summed E-state index contributed by atoms with van der Waals surface area (Å²) in [7, 11) is 0. The maximum atomic E-state index is 6.26. The Kier molecular flexibility index (Phi) is 4.71. The highest BCUT2D eigenvalue weighted by Gasteiger charge is 2.15. The lowest BCUT2D eigenvalue weighted by Crippen LogP contribution is -1.97. The number of thioether (sulfide) groups is 1. The molecule has 0 amide bonds. The Morgan fingerprint density at radius 2 is 1.91 bits per heavy atom. The van der Waals surface area contributed by atoms with E-state index >= 15 is 0 Å². The number of halogens is 2. The van der Waals surface area contributed by atoms with Gasteiger partial charge >= 0.3 is 0 Å². The number of hydrogen-bond donors (Lipinski definition) is 0. The van der Waals surface area contributed by atoms with Crippen LogP contribution in [0.4, 0.5) is 0 Å². The largest absolute Gasteiger partial charge is 0.277 e. The molecule has 0 bridgehead atoms. The molecule has 1 atom stereocenters. The van der Waals surface area contributed by atoms with Crippen molar-refractivity contribution in [2.24, 2.45) is 0 Å². The van der Waals surface area contributed by atoms with Gasteiger partial charge in [-0.2, -0.15) is 0 Å². The van der Waals surface area contributed by atoms with Crippen molar-refractivity contribution in [1.29, 1.82) is 0 Å². The summed E-state index contributed by atoms with van der Waals surface area (Å²) in [5.74, 6) is 0. The first-order valence-electron chi connectivity index (χ1n) is 6.72. The lowest BCUT2D eigenvalue weighted by molar-refractivity contribution is 0.876. The van der Waals surface area contributed by atoms with Crippen molar-refractivity contribution in [3.05, 3.63) is 70.5 Å². The third-order valence-electron chi connectivity index (χ3n) is 3.23. The first kappa shape index (κ1) is 15.4. The summed E-state index contributed by atoms with van der Waals surface area (Å²) >= 11 is 13.9. The van der Waals surface area contributed by atoms with Crippen molar-refractivity contribution in [2.75, 3.05) is 0 Å². The van der Waals surface area contributed by atoms with Crippen molar-refractivity contribution >= 4 is 35.0 Å². The molecule has 6 heteroatoms. The third kappa shape index (κ3) is 3.29. The molecule has 0 saturated heterocycles. The molecule has 0 N–H and O–H groups in total. The molecule has 1 unspecified atom stereocenters. The molecular formula is C16H13Cl2N3S. The monoisotopic (exact) mass is 349 g/mol. The predicted molar refractivity (Wildman–Crippen MR) is 92.1 cm³/mol. The van der Waals surface area contributed by atoms with Gasteiger partial charge in [0.25, 0.3) is 0 Å². The van der Waals surface area contributed by atoms with E-state index in [2.05, 4.69) is 17.1 Å². The third-order valence-corrected chi connectivity index (χ3v) is 4.90. The average Bonchev–Trinajstić information content (AvgIpc) is 2.95. The van der Waals surface area contributed by atoms with Crippen molar-refractivity contribution < 1.29 is 0 Å². The molecule has 0 fully saturated rings. The lowest BCUT2D eigenvalue weighted by atomic mass is 10.2. The summed E-state index contributed by atoms with van der Waals surface area (Å²) in [6.07, 6.45) is 1.69. The molecule has 3 rings (SSSR count). The van der Waals surface area contributed by atoms with Gasteiger partial charge in [-0.3, -0.25) is 4.57 Å². The average molecular weight is 350 g/mol. The zero-order chi connectivity index (χ0) is 15.5. The van der Waals surface area contributed by atoms with Crippen molar-refractivity contribution in [3.63, 3.8) is 0 Å². The quantitative estimate of drug-likeness (QED) is 0.588. The van der Waals surface area contributed by atoms with Gasteiger partial charge in [-0.15, -0.1) is 10.2 Å². The Morgan fingerprint density at radius 1 is 1.09 bits per heavy atom. The fourth-order valence-electron chi connectivity index (χ4n) is 2.13. The second-order valence-electron chi connectivity index (χ2n) is 4.74. The van der Waals surface area contributed by atoms with E-state index in [9.17, 15) is 0 Å². The van der Waals surface area contributed by atoms with Gasteiger partial charge in [-0.25, -0.2) is 0 Å². The smallest absolute Gasteiger partial charge is 0.196 e. The van der Waals surface area contributed by atoms with E-state index in [-0.39, 0.29) is 5.25 Å². The zero-order valence-electron chi connectivity index (χ0n) is 11.8. The van der Waals surface area contributed by atoms with E-state index in [0.29, 0.717) is 5.02 Å². The summed E-state index contributed by atoms with van der Waals surface area (Å²) in [5.41, 5.74) is 2.01. The predicted octanol–water partition coefficient (Wildman–Crippen LogP) is 5.43. The number of benzene rings is 2. The van der Waals surface area contributed by atoms with Crippen LogP contribution >= 0.6 is 35.0 Å². The van der Waals surface area contributed by atoms with Crippen LogP contribution in [0.15, 0.2) is 60.0 Å². The fourth-order valence-corrected chi connectivity index (χ4v) is 3.69. The topological polar surface area (TPSA) is 30.7 Å². The Hall–Kier alpha value is -1.49. The molecule has 0 aliphatic heterocycles. The van der Waals surface area contributed by atoms with Gasteiger partial charge in [-0.05, 0) is 36.8 Å². The maximum absolute atomic E-state index is 6.26. The fraction of sp³-hybridized carbons (Fsp3) is 0.125. The van der Waals surface area contributed by atoms with Crippen LogP contribution < -0.4 is 0 Å². The van der Waals surface area contributed by atoms with Crippen molar-refractivity contribution in [1.82, 2.24) is 14.8 Å². The Bertz CT molecular complexity index is 788. The van der Waals surface area contributed by atoms with Crippen LogP contribution in [0.25, 0.3) is 5.69 Å². The van der Waals surface area contributed by atoms with Crippen LogP contribution in [0.1, 0.15) is 17.7 Å². The summed E-state index contributed by atoms with van der Waals surface area (Å²) in [5, 5.41) is 10.6. The summed E-state index contributed by atoms with van der Waals surface area (Å²) in [6, 6.07) is 15.4. The van der Waals surface area contributed by atoms with E-state index in [1.54, 1.807) is 18.1 Å². The van der Waals surface area contributed by atoms with Gasteiger partial charge in [-0.1, -0.05) is 59.2 Å². The van der Waals surface area contributed by atoms with Gasteiger partial charge in [0, 0.05) is 15.3 Å². The molecule has 1 aromatic heterocycles. The van der Waals surface area contributed by atoms with Gasteiger partial charge < -0.3 is 0 Å². The van der Waals surface area contributed by atoms with Gasteiger partial charge in [0.05, 0.1) is 5.69 Å². The van der Waals surface area contributed by atoms with E-state index in [4.69, 9.17) is 23.2 Å². The zero-order valence-corrected chi connectivity index (χ0v) is 14.1. The van der Waals surface area contributed by atoms with Crippen molar-refractivity contribution in [3.8, 4) is 5.69 Å². The maximum Gasteiger partial charge on any atom is 0.196 e. The molecule has 112 valence electrons. The summed E-state index contributed by atoms with van der Waals surface area (Å²) < 4.78 is 1.92. The number of nitrogens with zero attached hydrogens (tertiary/aromatic N) is 3. The van der Waals surface area contributed by atoms with Crippen LogP contribution in [-0.4, -0.2) is 14.8 Å². The second kappa shape index (κ2) is 6.73. The molecule has 0 radical (unpaired) electrons. The molecule has 22 heavy (non-hydrogen) atoms. The van der Waals surface area contributed by atoms with Gasteiger partial charge in [0.1, 0.15) is 6.33 Å². The normalized spacial score (nSPS) is 12.3. The van der Waals surface area contributed by atoms with E-state index in [0.717, 1.165) is 21.4 Å². The SMILES string of the molecule is CC(Sc1nncn1-c1cccc(Cl)c1)c1ccccc1Cl. The highest BCUT2D eigenvalue weighted by molar-refractivity contribution is 7.99. The standard InChI is InChI=1S/C16H13Cl2N3S/c1-11(14-7-2-3-8-15(14)18)22-16-20-19-10-21(16)13-6-4-5-12(17)9-13/h2-11H,1H3. The molecule has 1 heterocycles. The molecule has 0 saturated carbocycles. The minimum atomic E-state index is 0.163. The van der Waals surface area contributed by atoms with E-state index in [1.165, 1.54) is 0 Å². The number of hydrogen-bond acceptors (Lipinski definition) is 3. The highest BCUT2D eigenvalue weighted by Crippen LogP contribution is 2.37. The number of aromatic nitrogens is 3. The first-order chi connectivity index (χ1) is 10.6. The molecule has 0 spiro atoms. The molecule has 0 aliphatic carbocycles. The molecular weight excluding hydrogens is 337 g/mol. The van der Waals surface area contributed by atoms with Crippen LogP contribution in [0.2, 0.25) is 10.0 Å². The highest BCUT2D eigenvalue weighted by atomic mass is 35.5. The second-order valence-corrected chi connectivity index (χ2v) is 6.90. The number of rotatable bonds is 4. The lowest BCUT2D eigenvalue weighted by Gasteiger charge is -2.13. The first-order valence-corrected chi connectivity index (χ1v) is 8.36. The van der Waals surface area contributed by atoms with Gasteiger partial charge in [0.2, 0.25) is 0 Å². The van der Waals surface area contributed by atoms with Crippen LogP contribution in [0, 0.1) is 0 Å². The molecule has 0 aliphatic rings. The van der Waals surface area contributed by atoms with Crippen molar-refractivity contribution in [2.45, 2.75) is 17.3 Å². The Balaban J connectivity index is 1.88. The Labute approximate surface area is 143 Å². The summed E-state index contributed by atoms with van der Waals surface area (Å²) in [4.78, 5) is 0. The van der Waals surface area contributed by atoms with Crippen LogP contribution in [-0.2, 0) is 0 Å². The summed E-state index contributed by atoms with van der Waals surface area (Å²) in [6.45, 7) is 2.10. The van der Waals surface area contributed by atoms with E-state index < -0.39 is 0 Å². The minimum Gasteiger partial charge on any atom is -0.277 e. The molecule has 3 aromatic rings. The minimum absolute atomic E-state index is 0.163. The van der Waals surface area contributed by atoms with Crippen LogP contribution in [0.5, 0.6) is 0 Å².